The number of nitrogens with zero attached hydrogens (tertiary/aromatic N) is 6. The van der Waals surface area contributed by atoms with Crippen molar-refractivity contribution in [2.45, 2.75) is 30.3 Å². The SMILES string of the molecule is Cn1ccnc1SCC(=O)N1CC[C@H]2OCc3cnnn3[C@@H]2C1. The van der Waals surface area contributed by atoms with E-state index in [1.165, 1.54) is 11.8 Å². The van der Waals surface area contributed by atoms with Gasteiger partial charge in [-0.1, -0.05) is 17.0 Å². The summed E-state index contributed by atoms with van der Waals surface area (Å²) in [7, 11) is 1.93. The van der Waals surface area contributed by atoms with Gasteiger partial charge < -0.3 is 14.2 Å². The zero-order valence-corrected chi connectivity index (χ0v) is 13.6. The summed E-state index contributed by atoms with van der Waals surface area (Å²) in [6, 6.07) is 0.0668. The van der Waals surface area contributed by atoms with E-state index >= 15 is 0 Å². The lowest BCUT2D eigenvalue weighted by Gasteiger charge is -2.40. The third-order valence-electron chi connectivity index (χ3n) is 4.38. The van der Waals surface area contributed by atoms with Crippen LogP contribution in [0.1, 0.15) is 18.2 Å². The van der Waals surface area contributed by atoms with E-state index in [1.54, 1.807) is 12.4 Å². The lowest BCUT2D eigenvalue weighted by molar-refractivity contribution is -0.135. The van der Waals surface area contributed by atoms with Crippen LogP contribution in [0, 0.1) is 0 Å². The Labute approximate surface area is 137 Å². The highest BCUT2D eigenvalue weighted by Gasteiger charge is 2.37. The number of hydrogen-bond acceptors (Lipinski definition) is 6. The molecule has 4 heterocycles. The minimum atomic E-state index is 0.0668. The smallest absolute Gasteiger partial charge is 0.233 e. The van der Waals surface area contributed by atoms with Crippen LogP contribution in [0.2, 0.25) is 0 Å². The molecule has 0 spiro atoms. The molecule has 9 heteroatoms. The van der Waals surface area contributed by atoms with E-state index in [0.717, 1.165) is 23.8 Å². The predicted octanol–water partition coefficient (Wildman–Crippen LogP) is 0.476. The second kappa shape index (κ2) is 5.97. The number of piperidine rings is 1. The summed E-state index contributed by atoms with van der Waals surface area (Å²) >= 11 is 1.47. The molecule has 0 saturated carbocycles. The van der Waals surface area contributed by atoms with Crippen molar-refractivity contribution in [3.05, 3.63) is 24.3 Å². The van der Waals surface area contributed by atoms with Crippen LogP contribution in [0.3, 0.4) is 0 Å². The number of likely N-dealkylation sites (tertiary alicyclic amines) is 1. The summed E-state index contributed by atoms with van der Waals surface area (Å²) in [4.78, 5) is 18.6. The van der Waals surface area contributed by atoms with Crippen molar-refractivity contribution in [1.82, 2.24) is 29.4 Å². The molecule has 8 nitrogen and oxygen atoms in total. The molecular weight excluding hydrogens is 316 g/mol. The molecule has 1 amide bonds. The zero-order chi connectivity index (χ0) is 15.8. The Morgan fingerprint density at radius 3 is 3.26 bits per heavy atom. The van der Waals surface area contributed by atoms with E-state index < -0.39 is 0 Å². The van der Waals surface area contributed by atoms with Gasteiger partial charge in [-0.15, -0.1) is 5.10 Å². The molecule has 23 heavy (non-hydrogen) atoms. The fourth-order valence-corrected chi connectivity index (χ4v) is 3.95. The van der Waals surface area contributed by atoms with Gasteiger partial charge in [-0.2, -0.15) is 0 Å². The highest BCUT2D eigenvalue weighted by Crippen LogP contribution is 2.30. The van der Waals surface area contributed by atoms with Crippen molar-refractivity contribution in [1.29, 1.82) is 0 Å². The molecule has 0 radical (unpaired) electrons. The molecule has 0 aliphatic carbocycles. The number of aryl methyl sites for hydroxylation is 1. The highest BCUT2D eigenvalue weighted by molar-refractivity contribution is 7.99. The monoisotopic (exact) mass is 334 g/mol. The molecule has 1 fully saturated rings. The Balaban J connectivity index is 1.41. The van der Waals surface area contributed by atoms with Gasteiger partial charge in [0.25, 0.3) is 0 Å². The van der Waals surface area contributed by atoms with Crippen molar-refractivity contribution in [2.75, 3.05) is 18.8 Å². The number of fused-ring (bicyclic) bond motifs is 3. The molecule has 2 aromatic rings. The van der Waals surface area contributed by atoms with Gasteiger partial charge in [0.1, 0.15) is 0 Å². The van der Waals surface area contributed by atoms with Crippen molar-refractivity contribution in [2.24, 2.45) is 7.05 Å². The van der Waals surface area contributed by atoms with Gasteiger partial charge in [0.05, 0.1) is 36.4 Å². The van der Waals surface area contributed by atoms with Gasteiger partial charge in [-0.05, 0) is 6.42 Å². The van der Waals surface area contributed by atoms with E-state index in [0.29, 0.717) is 18.9 Å². The fraction of sp³-hybridized carbons (Fsp3) is 0.571. The molecule has 4 rings (SSSR count). The van der Waals surface area contributed by atoms with E-state index in [2.05, 4.69) is 15.3 Å². The lowest BCUT2D eigenvalue weighted by Crippen LogP contribution is -2.50. The molecule has 122 valence electrons. The van der Waals surface area contributed by atoms with Crippen LogP contribution >= 0.6 is 11.8 Å². The first-order chi connectivity index (χ1) is 11.2. The summed E-state index contributed by atoms with van der Waals surface area (Å²) < 4.78 is 9.71. The van der Waals surface area contributed by atoms with Crippen molar-refractivity contribution in [3.63, 3.8) is 0 Å². The number of thioether (sulfide) groups is 1. The number of imidazole rings is 1. The van der Waals surface area contributed by atoms with Gasteiger partial charge in [-0.3, -0.25) is 4.79 Å². The van der Waals surface area contributed by atoms with Crippen LogP contribution in [0.4, 0.5) is 0 Å². The number of rotatable bonds is 3. The van der Waals surface area contributed by atoms with Crippen LogP contribution in [-0.2, 0) is 23.2 Å². The Bertz CT molecular complexity index is 714. The molecule has 0 unspecified atom stereocenters. The Kier molecular flexibility index (Phi) is 3.82. The number of carbonyl (C=O) groups excluding carboxylic acids is 1. The molecule has 2 aromatic heterocycles. The molecule has 0 bridgehead atoms. The Morgan fingerprint density at radius 1 is 1.52 bits per heavy atom. The molecule has 0 aromatic carbocycles. The number of ether oxygens (including phenoxy) is 1. The number of aromatic nitrogens is 5. The summed E-state index contributed by atoms with van der Waals surface area (Å²) in [6.07, 6.45) is 6.31. The first kappa shape index (κ1) is 14.7. The van der Waals surface area contributed by atoms with Gasteiger partial charge in [0.2, 0.25) is 5.91 Å². The van der Waals surface area contributed by atoms with Gasteiger partial charge in [0.15, 0.2) is 5.16 Å². The summed E-state index contributed by atoms with van der Waals surface area (Å²) in [5.41, 5.74) is 0.975. The van der Waals surface area contributed by atoms with Crippen molar-refractivity contribution >= 4 is 17.7 Å². The zero-order valence-electron chi connectivity index (χ0n) is 12.8. The maximum Gasteiger partial charge on any atom is 0.233 e. The molecular formula is C14H18N6O2S. The van der Waals surface area contributed by atoms with Gasteiger partial charge >= 0.3 is 0 Å². The first-order valence-electron chi connectivity index (χ1n) is 7.61. The van der Waals surface area contributed by atoms with Crippen LogP contribution in [-0.4, -0.2) is 60.3 Å². The lowest BCUT2D eigenvalue weighted by atomic mass is 10.0. The van der Waals surface area contributed by atoms with Gasteiger partial charge in [-0.25, -0.2) is 9.67 Å². The molecule has 2 atom stereocenters. The fourth-order valence-electron chi connectivity index (χ4n) is 3.11. The van der Waals surface area contributed by atoms with Crippen LogP contribution in [0.5, 0.6) is 0 Å². The summed E-state index contributed by atoms with van der Waals surface area (Å²) in [6.45, 7) is 1.91. The van der Waals surface area contributed by atoms with Crippen molar-refractivity contribution < 1.29 is 9.53 Å². The average Bonchev–Trinajstić information content (AvgIpc) is 3.20. The van der Waals surface area contributed by atoms with E-state index in [4.69, 9.17) is 4.74 Å². The third-order valence-corrected chi connectivity index (χ3v) is 5.43. The summed E-state index contributed by atoms with van der Waals surface area (Å²) in [5.74, 6) is 0.525. The number of carbonyl (C=O) groups is 1. The second-order valence-electron chi connectivity index (χ2n) is 5.82. The quantitative estimate of drug-likeness (QED) is 0.760. The summed E-state index contributed by atoms with van der Waals surface area (Å²) in [5, 5.41) is 8.98. The first-order valence-corrected chi connectivity index (χ1v) is 8.59. The standard InChI is InChI=1S/C14H18N6O2S/c1-18-5-3-15-14(18)23-9-13(21)19-4-2-12-11(7-19)20-10(8-22-12)6-16-17-20/h3,5-6,11-12H,2,4,7-9H2,1H3/t11-,12-/m1/s1. The van der Waals surface area contributed by atoms with Crippen molar-refractivity contribution in [3.8, 4) is 0 Å². The van der Waals surface area contributed by atoms with Gasteiger partial charge in [0, 0.05) is 32.5 Å². The van der Waals surface area contributed by atoms with E-state index in [-0.39, 0.29) is 18.1 Å². The molecule has 0 N–H and O–H groups in total. The highest BCUT2D eigenvalue weighted by atomic mass is 32.2. The molecule has 2 aliphatic rings. The maximum atomic E-state index is 12.5. The molecule has 1 saturated heterocycles. The Hall–Kier alpha value is -1.87. The minimum Gasteiger partial charge on any atom is -0.370 e. The van der Waals surface area contributed by atoms with E-state index in [1.807, 2.05) is 27.4 Å². The number of amides is 1. The van der Waals surface area contributed by atoms with E-state index in [9.17, 15) is 4.79 Å². The predicted molar refractivity (Wildman–Crippen MR) is 82.8 cm³/mol. The average molecular weight is 334 g/mol. The Morgan fingerprint density at radius 2 is 2.43 bits per heavy atom. The topological polar surface area (TPSA) is 78.1 Å². The second-order valence-corrected chi connectivity index (χ2v) is 6.77. The third kappa shape index (κ3) is 2.74. The number of hydrogen-bond donors (Lipinski definition) is 0. The van der Waals surface area contributed by atoms with Crippen LogP contribution < -0.4 is 0 Å². The minimum absolute atomic E-state index is 0.0668. The van der Waals surface area contributed by atoms with Crippen LogP contribution in [0.15, 0.2) is 23.7 Å². The van der Waals surface area contributed by atoms with Crippen LogP contribution in [0.25, 0.3) is 0 Å². The maximum absolute atomic E-state index is 12.5. The molecule has 2 aliphatic heterocycles. The largest absolute Gasteiger partial charge is 0.370 e. The normalized spacial score (nSPS) is 23.4.